The lowest BCUT2D eigenvalue weighted by Crippen LogP contribution is -2.49. The molecular formula is C10H11FN6O4. The van der Waals surface area contributed by atoms with Crippen LogP contribution in [0.3, 0.4) is 0 Å². The van der Waals surface area contributed by atoms with Gasteiger partial charge in [0.05, 0.1) is 0 Å². The number of nitrogens with two attached hydrogens (primary N) is 1. The lowest BCUT2D eigenvalue weighted by Gasteiger charge is -2.31. The number of aliphatic hydroxyl groups is 2. The van der Waals surface area contributed by atoms with E-state index in [4.69, 9.17) is 16.0 Å². The molecule has 4 N–H and O–H groups in total. The molecule has 112 valence electrons. The van der Waals surface area contributed by atoms with Crippen molar-refractivity contribution in [2.45, 2.75) is 36.3 Å². The van der Waals surface area contributed by atoms with Gasteiger partial charge in [-0.2, -0.15) is 4.98 Å². The summed E-state index contributed by atoms with van der Waals surface area (Å²) in [5.74, 6) is -2.87. The average molecular weight is 298 g/mol. The molecule has 21 heavy (non-hydrogen) atoms. The number of azide groups is 1. The standard InChI is InChI=1S/C10H11FN6O4/c1-8(15-16-13)6(17-3-2-4(12)14-7(17)19)21-10(11)5(18)9(8,10)20/h2-3,5-6,18,20H,1H3,(H2,12,14,19)/t5?,6-,8+,9+,10-/m1/s1. The summed E-state index contributed by atoms with van der Waals surface area (Å²) in [6, 6.07) is 1.26. The summed E-state index contributed by atoms with van der Waals surface area (Å²) in [5.41, 5.74) is 8.74. The fraction of sp³-hybridized carbons (Fsp3) is 0.600. The topological polar surface area (TPSA) is 159 Å². The molecule has 1 aliphatic carbocycles. The first-order chi connectivity index (χ1) is 9.72. The van der Waals surface area contributed by atoms with Crippen molar-refractivity contribution >= 4 is 5.82 Å². The van der Waals surface area contributed by atoms with Crippen molar-refractivity contribution < 1.29 is 19.3 Å². The molecule has 5 atom stereocenters. The van der Waals surface area contributed by atoms with Crippen LogP contribution in [0, 0.1) is 0 Å². The number of halogens is 1. The molecule has 0 amide bonds. The lowest BCUT2D eigenvalue weighted by atomic mass is 9.91. The maximum absolute atomic E-state index is 14.4. The second kappa shape index (κ2) is 3.71. The van der Waals surface area contributed by atoms with Gasteiger partial charge in [-0.15, -0.1) is 0 Å². The summed E-state index contributed by atoms with van der Waals surface area (Å²) in [5, 5.41) is 23.2. The molecule has 0 bridgehead atoms. The highest BCUT2D eigenvalue weighted by molar-refractivity contribution is 5.37. The van der Waals surface area contributed by atoms with Crippen LogP contribution in [0.2, 0.25) is 0 Å². The van der Waals surface area contributed by atoms with Crippen LogP contribution in [-0.2, 0) is 4.74 Å². The minimum Gasteiger partial charge on any atom is -0.384 e. The van der Waals surface area contributed by atoms with E-state index in [1.54, 1.807) is 0 Å². The average Bonchev–Trinajstić information content (AvgIpc) is 2.76. The van der Waals surface area contributed by atoms with Crippen LogP contribution in [0.4, 0.5) is 10.2 Å². The number of fused-ring (bicyclic) bond motifs is 1. The largest absolute Gasteiger partial charge is 0.384 e. The van der Waals surface area contributed by atoms with Crippen LogP contribution in [0.1, 0.15) is 13.2 Å². The van der Waals surface area contributed by atoms with Crippen LogP contribution < -0.4 is 11.4 Å². The quantitative estimate of drug-likeness (QED) is 0.368. The van der Waals surface area contributed by atoms with Gasteiger partial charge < -0.3 is 20.7 Å². The Bertz CT molecular complexity index is 735. The molecule has 0 radical (unpaired) electrons. The SMILES string of the molecule is C[C@]1(N=[N+]=[N-])[C@H](n2ccc(N)nc2=O)O[C@]2(F)C(O)[C@]12O. The second-order valence-corrected chi connectivity index (χ2v) is 5.16. The normalized spacial score (nSPS) is 44.0. The van der Waals surface area contributed by atoms with Crippen LogP contribution >= 0.6 is 0 Å². The zero-order valence-electron chi connectivity index (χ0n) is 10.7. The van der Waals surface area contributed by atoms with E-state index in [1.165, 1.54) is 19.2 Å². The highest BCUT2D eigenvalue weighted by atomic mass is 19.2. The predicted molar refractivity (Wildman–Crippen MR) is 65.4 cm³/mol. The van der Waals surface area contributed by atoms with Crippen molar-refractivity contribution in [2.24, 2.45) is 5.11 Å². The first kappa shape index (κ1) is 13.8. The van der Waals surface area contributed by atoms with Crippen molar-refractivity contribution in [3.63, 3.8) is 0 Å². The smallest absolute Gasteiger partial charge is 0.351 e. The van der Waals surface area contributed by atoms with E-state index < -0.39 is 35.0 Å². The Morgan fingerprint density at radius 2 is 2.38 bits per heavy atom. The molecule has 1 aliphatic heterocycles. The summed E-state index contributed by atoms with van der Waals surface area (Å²) in [7, 11) is 0. The van der Waals surface area contributed by atoms with E-state index in [0.29, 0.717) is 0 Å². The van der Waals surface area contributed by atoms with Crippen LogP contribution in [-0.4, -0.2) is 42.9 Å². The highest BCUT2D eigenvalue weighted by Gasteiger charge is 2.93. The van der Waals surface area contributed by atoms with Gasteiger partial charge >= 0.3 is 5.69 Å². The molecule has 1 aromatic heterocycles. The lowest BCUT2D eigenvalue weighted by molar-refractivity contribution is -0.145. The molecule has 3 rings (SSSR count). The van der Waals surface area contributed by atoms with E-state index in [2.05, 4.69) is 15.0 Å². The minimum absolute atomic E-state index is 0.0568. The number of alkyl halides is 1. The van der Waals surface area contributed by atoms with Crippen molar-refractivity contribution in [3.8, 4) is 0 Å². The zero-order valence-corrected chi connectivity index (χ0v) is 10.7. The summed E-state index contributed by atoms with van der Waals surface area (Å²) in [6.45, 7) is 1.18. The Labute approximate surface area is 116 Å². The van der Waals surface area contributed by atoms with E-state index >= 15 is 0 Å². The van der Waals surface area contributed by atoms with Gasteiger partial charge in [-0.25, -0.2) is 9.18 Å². The van der Waals surface area contributed by atoms with E-state index in [-0.39, 0.29) is 5.82 Å². The summed E-state index contributed by atoms with van der Waals surface area (Å²) < 4.78 is 20.2. The van der Waals surface area contributed by atoms with Crippen LogP contribution in [0.5, 0.6) is 0 Å². The predicted octanol–water partition coefficient (Wildman–Crippen LogP) is -0.805. The van der Waals surface area contributed by atoms with Crippen molar-refractivity contribution in [3.05, 3.63) is 33.2 Å². The van der Waals surface area contributed by atoms with Gasteiger partial charge in [0.2, 0.25) is 0 Å². The number of nitrogen functional groups attached to an aromatic ring is 1. The molecule has 10 nitrogen and oxygen atoms in total. The minimum atomic E-state index is -2.82. The summed E-state index contributed by atoms with van der Waals surface area (Å²) in [4.78, 5) is 17.8. The van der Waals surface area contributed by atoms with E-state index in [0.717, 1.165) is 4.57 Å². The molecule has 1 unspecified atom stereocenters. The van der Waals surface area contributed by atoms with Gasteiger partial charge in [-0.05, 0) is 18.5 Å². The molecule has 2 fully saturated rings. The summed E-state index contributed by atoms with van der Waals surface area (Å²) >= 11 is 0. The zero-order chi connectivity index (χ0) is 15.6. The number of aromatic nitrogens is 2. The van der Waals surface area contributed by atoms with Gasteiger partial charge in [0.25, 0.3) is 5.85 Å². The Kier molecular flexibility index (Phi) is 2.43. The maximum Gasteiger partial charge on any atom is 0.351 e. The molecule has 1 aromatic rings. The number of anilines is 1. The van der Waals surface area contributed by atoms with Gasteiger partial charge in [-0.3, -0.25) is 4.57 Å². The molecule has 2 heterocycles. The monoisotopic (exact) mass is 298 g/mol. The van der Waals surface area contributed by atoms with E-state index in [9.17, 15) is 19.4 Å². The molecular weight excluding hydrogens is 287 g/mol. The van der Waals surface area contributed by atoms with E-state index in [1.807, 2.05) is 0 Å². The second-order valence-electron chi connectivity index (χ2n) is 5.16. The first-order valence-corrected chi connectivity index (χ1v) is 5.90. The third kappa shape index (κ3) is 1.33. The van der Waals surface area contributed by atoms with Crippen LogP contribution in [0.15, 0.2) is 22.2 Å². The van der Waals surface area contributed by atoms with Gasteiger partial charge in [0.1, 0.15) is 11.4 Å². The molecule has 1 saturated heterocycles. The number of rotatable bonds is 2. The number of nitrogens with zero attached hydrogens (tertiary/aromatic N) is 5. The van der Waals surface area contributed by atoms with Crippen molar-refractivity contribution in [1.82, 2.24) is 9.55 Å². The number of hydrogen-bond acceptors (Lipinski definition) is 7. The van der Waals surface area contributed by atoms with Gasteiger partial charge in [-0.1, -0.05) is 5.11 Å². The fourth-order valence-electron chi connectivity index (χ4n) is 2.77. The Balaban J connectivity index is 2.16. The van der Waals surface area contributed by atoms with Crippen LogP contribution in [0.25, 0.3) is 10.4 Å². The first-order valence-electron chi connectivity index (χ1n) is 5.90. The Morgan fingerprint density at radius 1 is 1.71 bits per heavy atom. The molecule has 11 heteroatoms. The Morgan fingerprint density at radius 3 is 2.95 bits per heavy atom. The molecule has 0 aromatic carbocycles. The fourth-order valence-corrected chi connectivity index (χ4v) is 2.77. The third-order valence-electron chi connectivity index (χ3n) is 4.08. The third-order valence-corrected chi connectivity index (χ3v) is 4.08. The Hall–Kier alpha value is -2.20. The van der Waals surface area contributed by atoms with Crippen molar-refractivity contribution in [1.29, 1.82) is 0 Å². The summed E-state index contributed by atoms with van der Waals surface area (Å²) in [6.07, 6.45) is -2.19. The van der Waals surface area contributed by atoms with Crippen molar-refractivity contribution in [2.75, 3.05) is 5.73 Å². The molecule has 1 saturated carbocycles. The number of aliphatic hydroxyl groups excluding tert-OH is 1. The van der Waals surface area contributed by atoms with Gasteiger partial charge in [0, 0.05) is 11.1 Å². The van der Waals surface area contributed by atoms with Gasteiger partial charge in [0.15, 0.2) is 17.9 Å². The number of ether oxygens (including phenoxy) is 1. The number of hydrogen-bond donors (Lipinski definition) is 3. The molecule has 0 spiro atoms. The maximum atomic E-state index is 14.4. The molecule has 2 aliphatic rings. The highest BCUT2D eigenvalue weighted by Crippen LogP contribution is 2.68.